The third-order valence-electron chi connectivity index (χ3n) is 3.91. The molecular weight excluding hydrogens is 276 g/mol. The van der Waals surface area contributed by atoms with Gasteiger partial charge < -0.3 is 0 Å². The number of fused-ring (bicyclic) bond motifs is 2. The van der Waals surface area contributed by atoms with E-state index in [-0.39, 0.29) is 6.04 Å². The fourth-order valence-electron chi connectivity index (χ4n) is 2.74. The molecule has 0 bridgehead atoms. The average Bonchev–Trinajstić information content (AvgIpc) is 3.11. The summed E-state index contributed by atoms with van der Waals surface area (Å²) in [5, 5.41) is 10.9. The van der Waals surface area contributed by atoms with Crippen LogP contribution in [0.15, 0.2) is 43.0 Å². The van der Waals surface area contributed by atoms with Gasteiger partial charge in [0, 0.05) is 36.4 Å². The lowest BCUT2D eigenvalue weighted by Crippen LogP contribution is -2.09. The summed E-state index contributed by atoms with van der Waals surface area (Å²) in [6.07, 6.45) is 8.45. The minimum Gasteiger partial charge on any atom is -0.267 e. The Morgan fingerprint density at radius 3 is 2.95 bits per heavy atom. The van der Waals surface area contributed by atoms with Crippen molar-refractivity contribution in [2.75, 3.05) is 0 Å². The molecule has 0 saturated carbocycles. The SMILES string of the molecule is CC(Cc1cnc2c(cnn2C)c1)n1cc2cccnc2n1. The van der Waals surface area contributed by atoms with E-state index in [0.717, 1.165) is 28.5 Å². The highest BCUT2D eigenvalue weighted by Gasteiger charge is 2.11. The van der Waals surface area contributed by atoms with Gasteiger partial charge in [-0.15, -0.1) is 0 Å². The van der Waals surface area contributed by atoms with E-state index in [1.165, 1.54) is 5.56 Å². The summed E-state index contributed by atoms with van der Waals surface area (Å²) in [5.41, 5.74) is 2.88. The van der Waals surface area contributed by atoms with E-state index in [1.54, 1.807) is 10.9 Å². The van der Waals surface area contributed by atoms with Gasteiger partial charge >= 0.3 is 0 Å². The molecule has 4 aromatic heterocycles. The largest absolute Gasteiger partial charge is 0.267 e. The highest BCUT2D eigenvalue weighted by atomic mass is 15.3. The van der Waals surface area contributed by atoms with Crippen LogP contribution in [0.4, 0.5) is 0 Å². The number of rotatable bonds is 3. The Morgan fingerprint density at radius 2 is 2.09 bits per heavy atom. The summed E-state index contributed by atoms with van der Waals surface area (Å²) >= 11 is 0. The fourth-order valence-corrected chi connectivity index (χ4v) is 2.74. The van der Waals surface area contributed by atoms with Gasteiger partial charge in [0.2, 0.25) is 0 Å². The summed E-state index contributed by atoms with van der Waals surface area (Å²) in [6.45, 7) is 2.15. The highest BCUT2D eigenvalue weighted by molar-refractivity contribution is 5.75. The van der Waals surface area contributed by atoms with Gasteiger partial charge in [-0.05, 0) is 37.1 Å². The number of aromatic nitrogens is 6. The van der Waals surface area contributed by atoms with E-state index >= 15 is 0 Å². The molecule has 4 aromatic rings. The molecular formula is C16H16N6. The number of hydrogen-bond donors (Lipinski definition) is 0. The van der Waals surface area contributed by atoms with Crippen LogP contribution in [0.1, 0.15) is 18.5 Å². The first-order valence-corrected chi connectivity index (χ1v) is 7.27. The van der Waals surface area contributed by atoms with Crippen LogP contribution in [0.2, 0.25) is 0 Å². The molecule has 6 heteroatoms. The molecule has 1 unspecified atom stereocenters. The third-order valence-corrected chi connectivity index (χ3v) is 3.91. The second-order valence-corrected chi connectivity index (χ2v) is 5.60. The second kappa shape index (κ2) is 4.91. The average molecular weight is 292 g/mol. The molecule has 22 heavy (non-hydrogen) atoms. The number of aryl methyl sites for hydroxylation is 1. The molecule has 4 rings (SSSR count). The maximum atomic E-state index is 4.54. The Labute approximate surface area is 127 Å². The Kier molecular flexibility index (Phi) is 2.89. The van der Waals surface area contributed by atoms with Gasteiger partial charge in [0.25, 0.3) is 0 Å². The minimum absolute atomic E-state index is 0.241. The highest BCUT2D eigenvalue weighted by Crippen LogP contribution is 2.19. The molecule has 110 valence electrons. The first kappa shape index (κ1) is 12.9. The number of nitrogens with zero attached hydrogens (tertiary/aromatic N) is 6. The molecule has 0 saturated heterocycles. The molecule has 0 radical (unpaired) electrons. The van der Waals surface area contributed by atoms with Crippen LogP contribution in [-0.2, 0) is 13.5 Å². The zero-order valence-electron chi connectivity index (χ0n) is 12.5. The van der Waals surface area contributed by atoms with Crippen molar-refractivity contribution in [2.24, 2.45) is 7.05 Å². The van der Waals surface area contributed by atoms with E-state index < -0.39 is 0 Å². The topological polar surface area (TPSA) is 61.4 Å². The third kappa shape index (κ3) is 2.13. The molecule has 1 atom stereocenters. The van der Waals surface area contributed by atoms with Crippen LogP contribution in [0.3, 0.4) is 0 Å². The summed E-state index contributed by atoms with van der Waals surface area (Å²) in [5.74, 6) is 0. The first-order chi connectivity index (χ1) is 10.7. The smallest absolute Gasteiger partial charge is 0.181 e. The first-order valence-electron chi connectivity index (χ1n) is 7.27. The van der Waals surface area contributed by atoms with Crippen molar-refractivity contribution in [1.29, 1.82) is 0 Å². The van der Waals surface area contributed by atoms with Crippen LogP contribution < -0.4 is 0 Å². The zero-order chi connectivity index (χ0) is 15.1. The Bertz CT molecular complexity index is 919. The van der Waals surface area contributed by atoms with Gasteiger partial charge in [0.1, 0.15) is 0 Å². The molecule has 0 fully saturated rings. The van der Waals surface area contributed by atoms with Crippen molar-refractivity contribution >= 4 is 22.1 Å². The number of pyridine rings is 2. The molecule has 0 aliphatic rings. The van der Waals surface area contributed by atoms with E-state index in [1.807, 2.05) is 42.5 Å². The fraction of sp³-hybridized carbons (Fsp3) is 0.250. The minimum atomic E-state index is 0.241. The lowest BCUT2D eigenvalue weighted by Gasteiger charge is -2.11. The summed E-state index contributed by atoms with van der Waals surface area (Å²) in [7, 11) is 1.90. The van der Waals surface area contributed by atoms with Gasteiger partial charge in [-0.3, -0.25) is 9.36 Å². The molecule has 0 amide bonds. The quantitative estimate of drug-likeness (QED) is 0.582. The molecule has 0 spiro atoms. The summed E-state index contributed by atoms with van der Waals surface area (Å²) in [6, 6.07) is 6.35. The Hall–Kier alpha value is -2.76. The summed E-state index contributed by atoms with van der Waals surface area (Å²) < 4.78 is 3.76. The van der Waals surface area contributed by atoms with Crippen molar-refractivity contribution in [3.8, 4) is 0 Å². The van der Waals surface area contributed by atoms with Crippen LogP contribution in [0.25, 0.3) is 22.1 Å². The summed E-state index contributed by atoms with van der Waals surface area (Å²) in [4.78, 5) is 8.77. The van der Waals surface area contributed by atoms with E-state index in [4.69, 9.17) is 0 Å². The normalized spacial score (nSPS) is 13.0. The second-order valence-electron chi connectivity index (χ2n) is 5.60. The maximum absolute atomic E-state index is 4.54. The van der Waals surface area contributed by atoms with Crippen molar-refractivity contribution < 1.29 is 0 Å². The van der Waals surface area contributed by atoms with Gasteiger partial charge in [-0.25, -0.2) is 9.97 Å². The van der Waals surface area contributed by atoms with Gasteiger partial charge in [0.15, 0.2) is 11.3 Å². The van der Waals surface area contributed by atoms with Crippen molar-refractivity contribution in [1.82, 2.24) is 29.5 Å². The Morgan fingerprint density at radius 1 is 1.18 bits per heavy atom. The molecule has 0 aromatic carbocycles. The lowest BCUT2D eigenvalue weighted by atomic mass is 10.1. The lowest BCUT2D eigenvalue weighted by molar-refractivity contribution is 0.492. The van der Waals surface area contributed by atoms with E-state index in [0.29, 0.717) is 0 Å². The van der Waals surface area contributed by atoms with Crippen LogP contribution in [0, 0.1) is 0 Å². The van der Waals surface area contributed by atoms with Crippen molar-refractivity contribution in [3.63, 3.8) is 0 Å². The van der Waals surface area contributed by atoms with Gasteiger partial charge in [0.05, 0.1) is 12.2 Å². The molecule has 0 N–H and O–H groups in total. The standard InChI is InChI=1S/C16H16N6/c1-11(22-10-13-4-3-5-17-15(13)20-22)6-12-7-14-9-19-21(2)16(14)18-8-12/h3-5,7-11H,6H2,1-2H3. The molecule has 4 heterocycles. The van der Waals surface area contributed by atoms with Crippen molar-refractivity contribution in [3.05, 3.63) is 48.5 Å². The van der Waals surface area contributed by atoms with Gasteiger partial charge in [-0.1, -0.05) is 0 Å². The predicted octanol–water partition coefficient (Wildman–Crippen LogP) is 2.52. The van der Waals surface area contributed by atoms with E-state index in [9.17, 15) is 0 Å². The Balaban J connectivity index is 1.63. The van der Waals surface area contributed by atoms with Crippen LogP contribution in [-0.4, -0.2) is 29.5 Å². The zero-order valence-corrected chi connectivity index (χ0v) is 12.5. The van der Waals surface area contributed by atoms with E-state index in [2.05, 4.69) is 33.2 Å². The van der Waals surface area contributed by atoms with Crippen LogP contribution in [0.5, 0.6) is 0 Å². The van der Waals surface area contributed by atoms with Crippen molar-refractivity contribution in [2.45, 2.75) is 19.4 Å². The number of hydrogen-bond acceptors (Lipinski definition) is 4. The predicted molar refractivity (Wildman–Crippen MR) is 84.5 cm³/mol. The molecule has 6 nitrogen and oxygen atoms in total. The molecule has 0 aliphatic heterocycles. The maximum Gasteiger partial charge on any atom is 0.181 e. The molecule has 0 aliphatic carbocycles. The van der Waals surface area contributed by atoms with Gasteiger partial charge in [-0.2, -0.15) is 10.2 Å². The van der Waals surface area contributed by atoms with Crippen LogP contribution >= 0.6 is 0 Å². The monoisotopic (exact) mass is 292 g/mol.